The van der Waals surface area contributed by atoms with Gasteiger partial charge in [0.25, 0.3) is 0 Å². The Labute approximate surface area is 186 Å². The van der Waals surface area contributed by atoms with Crippen LogP contribution in [-0.2, 0) is 33.9 Å². The highest BCUT2D eigenvalue weighted by Gasteiger charge is 2.71. The van der Waals surface area contributed by atoms with Gasteiger partial charge in [-0.3, -0.25) is 9.35 Å². The van der Waals surface area contributed by atoms with Crippen molar-refractivity contribution in [2.45, 2.75) is 75.7 Å². The van der Waals surface area contributed by atoms with E-state index in [1.807, 2.05) is 0 Å². The van der Waals surface area contributed by atoms with Crippen LogP contribution in [0.2, 0.25) is 0 Å². The Balaban J connectivity index is 1.96. The number of rotatable bonds is 8. The molecule has 0 heterocycles. The van der Waals surface area contributed by atoms with Crippen LogP contribution in [-0.4, -0.2) is 54.8 Å². The van der Waals surface area contributed by atoms with Crippen LogP contribution >= 0.6 is 0 Å². The van der Waals surface area contributed by atoms with Crippen molar-refractivity contribution >= 4 is 22.1 Å². The molecule has 4 bridgehead atoms. The van der Waals surface area contributed by atoms with Crippen molar-refractivity contribution in [2.24, 2.45) is 23.2 Å². The van der Waals surface area contributed by atoms with E-state index >= 15 is 0 Å². The number of hydrogen-bond acceptors (Lipinski definition) is 7. The molecule has 190 valence electrons. The van der Waals surface area contributed by atoms with Crippen LogP contribution in [0, 0.1) is 23.2 Å². The average Bonchev–Trinajstić information content (AvgIpc) is 2.61. The quantitative estimate of drug-likeness (QED) is 0.229. The first-order valence-electron chi connectivity index (χ1n) is 10.4. The summed E-state index contributed by atoms with van der Waals surface area (Å²) in [5, 5.41) is -5.23. The summed E-state index contributed by atoms with van der Waals surface area (Å²) in [5.74, 6) is -8.14. The van der Waals surface area contributed by atoms with Gasteiger partial charge in [-0.05, 0) is 70.1 Å². The second-order valence-corrected chi connectivity index (χ2v) is 11.1. The normalized spacial score (nSPS) is 31.4. The Kier molecular flexibility index (Phi) is 6.55. The lowest BCUT2D eigenvalue weighted by molar-refractivity contribution is -0.365. The number of ether oxygens (including phenoxy) is 3. The zero-order valence-corrected chi connectivity index (χ0v) is 18.7. The molecule has 0 radical (unpaired) electrons. The van der Waals surface area contributed by atoms with Crippen molar-refractivity contribution in [1.29, 1.82) is 0 Å². The lowest BCUT2D eigenvalue weighted by Gasteiger charge is -2.55. The van der Waals surface area contributed by atoms with Gasteiger partial charge in [0.2, 0.25) is 0 Å². The first kappa shape index (κ1) is 26.1. The van der Waals surface area contributed by atoms with Gasteiger partial charge in [-0.15, -0.1) is 0 Å². The first-order chi connectivity index (χ1) is 14.9. The van der Waals surface area contributed by atoms with E-state index < -0.39 is 57.4 Å². The fourth-order valence-electron chi connectivity index (χ4n) is 5.54. The Bertz CT molecular complexity index is 865. The van der Waals surface area contributed by atoms with E-state index in [2.05, 4.69) is 14.2 Å². The molecule has 14 heteroatoms. The minimum absolute atomic E-state index is 0.0940. The molecule has 4 aliphatic carbocycles. The highest BCUT2D eigenvalue weighted by molar-refractivity contribution is 7.86. The van der Waals surface area contributed by atoms with Crippen LogP contribution in [0.15, 0.2) is 0 Å². The smallest absolute Gasteiger partial charge is 0.458 e. The standard InChI is InChI=1S/C19H25F5O8S/c1-10(2)31-15(26)18(19(22,23)24,30-9-17(20,21)33(27,28)29)32-14(25)16-6-11-3-12(7-16)5-13(4-11)8-16/h10-13H,3-9H2,1-2H3,(H,27,28,29). The van der Waals surface area contributed by atoms with Crippen molar-refractivity contribution in [3.8, 4) is 0 Å². The number of carbonyl (C=O) groups excluding carboxylic acids is 2. The van der Waals surface area contributed by atoms with E-state index in [0.717, 1.165) is 33.1 Å². The molecule has 4 fully saturated rings. The van der Waals surface area contributed by atoms with Gasteiger partial charge >= 0.3 is 39.3 Å². The summed E-state index contributed by atoms with van der Waals surface area (Å²) in [4.78, 5) is 25.6. The van der Waals surface area contributed by atoms with Gasteiger partial charge in [0, 0.05) is 0 Å². The molecular weight excluding hydrogens is 483 g/mol. The van der Waals surface area contributed by atoms with Gasteiger partial charge < -0.3 is 14.2 Å². The van der Waals surface area contributed by atoms with E-state index in [9.17, 15) is 40.0 Å². The second-order valence-electron chi connectivity index (χ2n) is 9.56. The van der Waals surface area contributed by atoms with Gasteiger partial charge in [0.1, 0.15) is 6.61 Å². The van der Waals surface area contributed by atoms with Gasteiger partial charge in [-0.25, -0.2) is 4.79 Å². The van der Waals surface area contributed by atoms with Crippen LogP contribution < -0.4 is 0 Å². The SMILES string of the molecule is CC(C)OC(=O)C(OCC(F)(F)S(=O)(=O)O)(OC(=O)C12CC3CC(CC(C3)C1)C2)C(F)(F)F. The molecule has 0 amide bonds. The minimum Gasteiger partial charge on any atom is -0.458 e. The number of carbonyl (C=O) groups is 2. The highest BCUT2D eigenvalue weighted by atomic mass is 32.2. The monoisotopic (exact) mass is 508 g/mol. The van der Waals surface area contributed by atoms with Crippen molar-refractivity contribution in [1.82, 2.24) is 0 Å². The van der Waals surface area contributed by atoms with E-state index in [0.29, 0.717) is 0 Å². The molecule has 0 spiro atoms. The van der Waals surface area contributed by atoms with Crippen LogP contribution in [0.3, 0.4) is 0 Å². The highest BCUT2D eigenvalue weighted by Crippen LogP contribution is 2.61. The molecular formula is C19H25F5O8S. The molecule has 8 nitrogen and oxygen atoms in total. The zero-order chi connectivity index (χ0) is 25.0. The maximum atomic E-state index is 14.1. The first-order valence-corrected chi connectivity index (χ1v) is 11.8. The van der Waals surface area contributed by atoms with Gasteiger partial charge in [0.15, 0.2) is 0 Å². The van der Waals surface area contributed by atoms with Crippen LogP contribution in [0.25, 0.3) is 0 Å². The van der Waals surface area contributed by atoms with Crippen molar-refractivity contribution in [3.05, 3.63) is 0 Å². The lowest BCUT2D eigenvalue weighted by Crippen LogP contribution is -2.62. The third-order valence-corrected chi connectivity index (χ3v) is 7.39. The molecule has 0 aromatic carbocycles. The number of hydrogen-bond donors (Lipinski definition) is 1. The van der Waals surface area contributed by atoms with E-state index in [-0.39, 0.29) is 37.0 Å². The summed E-state index contributed by atoms with van der Waals surface area (Å²) in [7, 11) is -6.20. The molecule has 33 heavy (non-hydrogen) atoms. The predicted octanol–water partition coefficient (Wildman–Crippen LogP) is 3.45. The van der Waals surface area contributed by atoms with Crippen LogP contribution in [0.5, 0.6) is 0 Å². The second kappa shape index (κ2) is 8.29. The van der Waals surface area contributed by atoms with Crippen molar-refractivity contribution < 1.29 is 58.7 Å². The molecule has 1 unspecified atom stereocenters. The third-order valence-electron chi connectivity index (χ3n) is 6.51. The van der Waals surface area contributed by atoms with Crippen molar-refractivity contribution in [3.63, 3.8) is 0 Å². The number of esters is 2. The average molecular weight is 508 g/mol. The van der Waals surface area contributed by atoms with Gasteiger partial charge in [0.05, 0.1) is 11.5 Å². The van der Waals surface area contributed by atoms with Gasteiger partial charge in [-0.1, -0.05) is 0 Å². The van der Waals surface area contributed by atoms with Gasteiger partial charge in [-0.2, -0.15) is 30.4 Å². The zero-order valence-electron chi connectivity index (χ0n) is 17.9. The van der Waals surface area contributed by atoms with E-state index in [1.165, 1.54) is 0 Å². The summed E-state index contributed by atoms with van der Waals surface area (Å²) in [6.45, 7) is -0.299. The molecule has 4 aliphatic rings. The van der Waals surface area contributed by atoms with Crippen molar-refractivity contribution in [2.75, 3.05) is 6.61 Å². The summed E-state index contributed by atoms with van der Waals surface area (Å²) >= 11 is 0. The maximum Gasteiger partial charge on any atom is 0.468 e. The molecule has 1 N–H and O–H groups in total. The summed E-state index contributed by atoms with van der Waals surface area (Å²) < 4.78 is 113. The Morgan fingerprint density at radius 3 is 1.82 bits per heavy atom. The Morgan fingerprint density at radius 2 is 1.45 bits per heavy atom. The van der Waals surface area contributed by atoms with Crippen LogP contribution in [0.1, 0.15) is 52.4 Å². The molecule has 0 saturated heterocycles. The number of alkyl halides is 5. The molecule has 0 aromatic heterocycles. The maximum absolute atomic E-state index is 14.1. The lowest BCUT2D eigenvalue weighted by atomic mass is 9.49. The van der Waals surface area contributed by atoms with E-state index in [1.54, 1.807) is 0 Å². The fraction of sp³-hybridized carbons (Fsp3) is 0.895. The topological polar surface area (TPSA) is 116 Å². The molecule has 4 saturated carbocycles. The Morgan fingerprint density at radius 1 is 1.00 bits per heavy atom. The van der Waals surface area contributed by atoms with E-state index in [4.69, 9.17) is 4.55 Å². The molecule has 0 aliphatic heterocycles. The summed E-state index contributed by atoms with van der Waals surface area (Å²) in [6.07, 6.45) is -3.95. The molecule has 0 aromatic rings. The minimum atomic E-state index is -6.20. The molecule has 4 rings (SSSR count). The van der Waals surface area contributed by atoms with Crippen LogP contribution in [0.4, 0.5) is 22.0 Å². The largest absolute Gasteiger partial charge is 0.468 e. The number of halogens is 5. The molecule has 1 atom stereocenters. The fourth-order valence-corrected chi connectivity index (χ4v) is 5.74. The Hall–Kier alpha value is -1.54. The summed E-state index contributed by atoms with van der Waals surface area (Å²) in [5.41, 5.74) is -1.34. The summed E-state index contributed by atoms with van der Waals surface area (Å²) in [6, 6.07) is 0. The predicted molar refractivity (Wildman–Crippen MR) is 99.2 cm³/mol. The third kappa shape index (κ3) is 4.83.